The Labute approximate surface area is 197 Å². The van der Waals surface area contributed by atoms with Gasteiger partial charge >= 0.3 is 6.03 Å². The molecule has 3 aromatic rings. The van der Waals surface area contributed by atoms with E-state index >= 15 is 0 Å². The van der Waals surface area contributed by atoms with Crippen LogP contribution in [0.25, 0.3) is 0 Å². The van der Waals surface area contributed by atoms with Gasteiger partial charge < -0.3 is 20.3 Å². The summed E-state index contributed by atoms with van der Waals surface area (Å²) in [5.41, 5.74) is 3.01. The number of urea groups is 1. The topological polar surface area (TPSA) is 66.5 Å². The highest BCUT2D eigenvalue weighted by Gasteiger charge is 2.15. The van der Waals surface area contributed by atoms with E-state index in [4.69, 9.17) is 4.74 Å². The zero-order valence-electron chi connectivity index (χ0n) is 19.6. The fourth-order valence-electron chi connectivity index (χ4n) is 3.57. The third-order valence-electron chi connectivity index (χ3n) is 5.46. The first-order valence-electron chi connectivity index (χ1n) is 11.5. The van der Waals surface area contributed by atoms with Crippen molar-refractivity contribution in [3.8, 4) is 5.75 Å². The molecule has 33 heavy (non-hydrogen) atoms. The number of rotatable bonds is 12. The number of nitrogens with zero attached hydrogens (tertiary/aromatic N) is 2. The van der Waals surface area contributed by atoms with Crippen molar-refractivity contribution in [2.75, 3.05) is 30.8 Å². The molecular weight excluding hydrogens is 412 g/mol. The van der Waals surface area contributed by atoms with Crippen LogP contribution in [-0.2, 0) is 6.54 Å². The Morgan fingerprint density at radius 1 is 0.939 bits per heavy atom. The summed E-state index contributed by atoms with van der Waals surface area (Å²) < 4.78 is 5.38. The third kappa shape index (κ3) is 8.15. The zero-order chi connectivity index (χ0) is 23.3. The van der Waals surface area contributed by atoms with Crippen LogP contribution in [0.2, 0.25) is 0 Å². The molecule has 0 bridgehead atoms. The molecule has 1 heterocycles. The number of aromatic nitrogens is 1. The fraction of sp³-hybridized carbons (Fsp3) is 0.333. The van der Waals surface area contributed by atoms with E-state index in [9.17, 15) is 4.79 Å². The normalized spacial score (nSPS) is 10.5. The first-order valence-corrected chi connectivity index (χ1v) is 11.5. The Balaban J connectivity index is 1.50. The second-order valence-corrected chi connectivity index (χ2v) is 8.09. The van der Waals surface area contributed by atoms with Gasteiger partial charge in [0.05, 0.1) is 12.8 Å². The number of amides is 2. The van der Waals surface area contributed by atoms with Crippen LogP contribution in [-0.4, -0.2) is 36.1 Å². The highest BCUT2D eigenvalue weighted by Crippen LogP contribution is 2.23. The van der Waals surface area contributed by atoms with Gasteiger partial charge in [-0.3, -0.25) is 0 Å². The highest BCUT2D eigenvalue weighted by molar-refractivity contribution is 5.91. The summed E-state index contributed by atoms with van der Waals surface area (Å²) in [6.45, 7) is 4.24. The van der Waals surface area contributed by atoms with E-state index in [2.05, 4.69) is 46.8 Å². The van der Waals surface area contributed by atoms with Crippen molar-refractivity contribution in [3.63, 3.8) is 0 Å². The highest BCUT2D eigenvalue weighted by atomic mass is 16.5. The molecule has 2 N–H and O–H groups in total. The largest absolute Gasteiger partial charge is 0.495 e. The maximum Gasteiger partial charge on any atom is 0.322 e. The van der Waals surface area contributed by atoms with Crippen LogP contribution >= 0.6 is 0 Å². The van der Waals surface area contributed by atoms with E-state index in [1.807, 2.05) is 47.4 Å². The lowest BCUT2D eigenvalue weighted by Gasteiger charge is -2.24. The van der Waals surface area contributed by atoms with Gasteiger partial charge in [0.25, 0.3) is 0 Å². The maximum absolute atomic E-state index is 13.1. The number of pyridine rings is 1. The van der Waals surface area contributed by atoms with Gasteiger partial charge in [-0.2, -0.15) is 0 Å². The summed E-state index contributed by atoms with van der Waals surface area (Å²) in [5.74, 6) is 1.57. The molecule has 1 aromatic heterocycles. The van der Waals surface area contributed by atoms with Crippen molar-refractivity contribution in [1.29, 1.82) is 0 Å². The zero-order valence-corrected chi connectivity index (χ0v) is 19.6. The number of unbranched alkanes of at least 4 members (excludes halogenated alkanes) is 3. The molecule has 0 saturated carbocycles. The predicted molar refractivity (Wildman–Crippen MR) is 135 cm³/mol. The molecule has 0 spiro atoms. The van der Waals surface area contributed by atoms with Crippen LogP contribution in [0.15, 0.2) is 72.9 Å². The average Bonchev–Trinajstić information content (AvgIpc) is 2.85. The molecule has 2 aromatic carbocycles. The molecule has 0 aliphatic heterocycles. The number of methoxy groups -OCH3 is 1. The van der Waals surface area contributed by atoms with Crippen LogP contribution in [0.4, 0.5) is 16.3 Å². The van der Waals surface area contributed by atoms with Gasteiger partial charge in [-0.15, -0.1) is 0 Å². The molecular formula is C27H34N4O2. The summed E-state index contributed by atoms with van der Waals surface area (Å²) in [7, 11) is 1.61. The van der Waals surface area contributed by atoms with Crippen LogP contribution < -0.4 is 15.4 Å². The predicted octanol–water partition coefficient (Wildman–Crippen LogP) is 6.11. The van der Waals surface area contributed by atoms with E-state index < -0.39 is 0 Å². The van der Waals surface area contributed by atoms with Crippen molar-refractivity contribution in [2.45, 2.75) is 39.2 Å². The maximum atomic E-state index is 13.1. The van der Waals surface area contributed by atoms with Gasteiger partial charge in [-0.1, -0.05) is 60.9 Å². The van der Waals surface area contributed by atoms with Gasteiger partial charge in [0.15, 0.2) is 0 Å². The van der Waals surface area contributed by atoms with E-state index in [-0.39, 0.29) is 6.03 Å². The fourth-order valence-corrected chi connectivity index (χ4v) is 3.57. The smallest absolute Gasteiger partial charge is 0.322 e. The molecule has 0 aliphatic carbocycles. The first kappa shape index (κ1) is 24.1. The lowest BCUT2D eigenvalue weighted by atomic mass is 10.1. The molecule has 0 unspecified atom stereocenters. The average molecular weight is 447 g/mol. The molecule has 3 rings (SSSR count). The lowest BCUT2D eigenvalue weighted by molar-refractivity contribution is 0.207. The van der Waals surface area contributed by atoms with Gasteiger partial charge in [0.1, 0.15) is 11.6 Å². The molecule has 0 atom stereocenters. The number of benzene rings is 2. The van der Waals surface area contributed by atoms with Crippen LogP contribution in [0.1, 0.15) is 36.8 Å². The van der Waals surface area contributed by atoms with Crippen molar-refractivity contribution < 1.29 is 9.53 Å². The van der Waals surface area contributed by atoms with Crippen molar-refractivity contribution in [1.82, 2.24) is 9.88 Å². The van der Waals surface area contributed by atoms with Crippen molar-refractivity contribution >= 4 is 17.5 Å². The Morgan fingerprint density at radius 2 is 1.70 bits per heavy atom. The van der Waals surface area contributed by atoms with Gasteiger partial charge in [-0.25, -0.2) is 9.78 Å². The SMILES string of the molecule is COc1ccccc1NC(=O)N(CCCCCCNc1ccccn1)Cc1ccc(C)cc1. The molecule has 174 valence electrons. The van der Waals surface area contributed by atoms with Crippen LogP contribution in [0.5, 0.6) is 5.75 Å². The van der Waals surface area contributed by atoms with Gasteiger partial charge in [0, 0.05) is 25.8 Å². The number of nitrogens with one attached hydrogen (secondary N) is 2. The van der Waals surface area contributed by atoms with E-state index in [1.54, 1.807) is 13.3 Å². The quantitative estimate of drug-likeness (QED) is 0.330. The minimum Gasteiger partial charge on any atom is -0.495 e. The number of carbonyl (C=O) groups is 1. The van der Waals surface area contributed by atoms with Crippen LogP contribution in [0.3, 0.4) is 0 Å². The number of ether oxygens (including phenoxy) is 1. The van der Waals surface area contributed by atoms with Gasteiger partial charge in [-0.05, 0) is 49.6 Å². The minimum atomic E-state index is -0.114. The Bertz CT molecular complexity index is 977. The molecule has 6 nitrogen and oxygen atoms in total. The number of carbonyl (C=O) groups excluding carboxylic acids is 1. The third-order valence-corrected chi connectivity index (χ3v) is 5.46. The van der Waals surface area contributed by atoms with Crippen molar-refractivity contribution in [2.24, 2.45) is 0 Å². The number of hydrogen-bond donors (Lipinski definition) is 2. The lowest BCUT2D eigenvalue weighted by Crippen LogP contribution is -2.35. The summed E-state index contributed by atoms with van der Waals surface area (Å²) in [6, 6.07) is 21.6. The summed E-state index contributed by atoms with van der Waals surface area (Å²) in [6.07, 6.45) is 5.99. The number of hydrogen-bond acceptors (Lipinski definition) is 4. The minimum absolute atomic E-state index is 0.114. The second kappa shape index (κ2) is 13.1. The molecule has 0 saturated heterocycles. The number of para-hydroxylation sites is 2. The van der Waals surface area contributed by atoms with Crippen LogP contribution in [0, 0.1) is 6.92 Å². The molecule has 0 radical (unpaired) electrons. The summed E-state index contributed by atoms with van der Waals surface area (Å²) in [5, 5.41) is 6.36. The van der Waals surface area contributed by atoms with Crippen molar-refractivity contribution in [3.05, 3.63) is 84.1 Å². The first-order chi connectivity index (χ1) is 16.2. The molecule has 2 amide bonds. The monoisotopic (exact) mass is 446 g/mol. The Kier molecular flexibility index (Phi) is 9.58. The summed E-state index contributed by atoms with van der Waals surface area (Å²) >= 11 is 0. The van der Waals surface area contributed by atoms with E-state index in [1.165, 1.54) is 5.56 Å². The summed E-state index contributed by atoms with van der Waals surface area (Å²) in [4.78, 5) is 19.3. The molecule has 6 heteroatoms. The number of anilines is 2. The molecule has 0 fully saturated rings. The molecule has 0 aliphatic rings. The Morgan fingerprint density at radius 3 is 2.45 bits per heavy atom. The van der Waals surface area contributed by atoms with Gasteiger partial charge in [0.2, 0.25) is 0 Å². The second-order valence-electron chi connectivity index (χ2n) is 8.09. The van der Waals surface area contributed by atoms with E-state index in [0.29, 0.717) is 24.5 Å². The standard InChI is InChI=1S/C27H34N4O2/c1-22-14-16-23(17-15-22)21-31(27(32)30-24-11-5-6-12-25(24)33-2)20-10-4-3-8-18-28-26-13-7-9-19-29-26/h5-7,9,11-17,19H,3-4,8,10,18,20-21H2,1-2H3,(H,28,29)(H,30,32). The number of aryl methyl sites for hydroxylation is 1. The van der Waals surface area contributed by atoms with E-state index in [0.717, 1.165) is 43.6 Å². The Hall–Kier alpha value is -3.54.